The number of fused-ring (bicyclic) bond motifs is 1. The average molecular weight is 615 g/mol. The molecule has 3 atom stereocenters. The number of nitrogens with zero attached hydrogens (tertiary/aromatic N) is 1. The fourth-order valence-corrected chi connectivity index (χ4v) is 6.00. The van der Waals surface area contributed by atoms with Gasteiger partial charge >= 0.3 is 5.69 Å². The van der Waals surface area contributed by atoms with Gasteiger partial charge in [-0.15, -0.1) is 0 Å². The van der Waals surface area contributed by atoms with Gasteiger partial charge in [-0.3, -0.25) is 14.3 Å². The van der Waals surface area contributed by atoms with E-state index >= 15 is 0 Å². The van der Waals surface area contributed by atoms with Crippen molar-refractivity contribution in [2.24, 2.45) is 0 Å². The number of halogens is 1. The quantitative estimate of drug-likeness (QED) is 0.224. The van der Waals surface area contributed by atoms with Crippen molar-refractivity contribution in [1.29, 1.82) is 0 Å². The Morgan fingerprint density at radius 2 is 1.48 bits per heavy atom. The lowest BCUT2D eigenvalue weighted by molar-refractivity contribution is -0.0936. The van der Waals surface area contributed by atoms with Crippen LogP contribution in [0.15, 0.2) is 107 Å². The summed E-state index contributed by atoms with van der Waals surface area (Å²) >= 11 is 6.12. The first-order chi connectivity index (χ1) is 21.3. The molecule has 2 N–H and O–H groups in total. The lowest BCUT2D eigenvalue weighted by Crippen LogP contribution is -2.38. The molecular weight excluding hydrogens is 584 g/mol. The Hall–Kier alpha value is -4.41. The summed E-state index contributed by atoms with van der Waals surface area (Å²) in [5.41, 5.74) is 0.583. The summed E-state index contributed by atoms with van der Waals surface area (Å²) in [7, 11) is 3.22. The van der Waals surface area contributed by atoms with Gasteiger partial charge in [-0.1, -0.05) is 66.2 Å². The van der Waals surface area contributed by atoms with Crippen LogP contribution < -0.4 is 20.7 Å². The smallest absolute Gasteiger partial charge is 0.330 e. The number of ether oxygens (including phenoxy) is 4. The second-order valence-electron chi connectivity index (χ2n) is 10.5. The van der Waals surface area contributed by atoms with Crippen LogP contribution in [0.5, 0.6) is 11.5 Å². The SMILES string of the molecule is COc1ccc(C(OC[C@H]2O[C@H](n3c(=O)[nH]c(=O)c4cc(Cl)ccc43)C[C@@H]2O)(c2ccccc2)c2ccc(OC)cc2)cc1. The third-order valence-electron chi connectivity index (χ3n) is 8.03. The van der Waals surface area contributed by atoms with Gasteiger partial charge in [0.15, 0.2) is 0 Å². The predicted octanol–water partition coefficient (Wildman–Crippen LogP) is 5.02. The molecule has 5 aromatic rings. The molecule has 2 heterocycles. The van der Waals surface area contributed by atoms with E-state index in [1.165, 1.54) is 10.6 Å². The molecule has 0 radical (unpaired) electrons. The standard InChI is InChI=1S/C34H31ClN2O7/c1-41-25-13-8-22(9-14-25)34(21-6-4-3-5-7-21,23-10-15-26(42-2)16-11-23)43-20-30-29(38)19-31(44-30)37-28-17-12-24(35)18-27(28)32(39)36-33(37)40/h3-18,29-31,38H,19-20H2,1-2H3,(H,36,39,40)/t29-,30+,31-/m0/s1. The Balaban J connectivity index is 1.39. The topological polar surface area (TPSA) is 112 Å². The van der Waals surface area contributed by atoms with E-state index in [1.54, 1.807) is 26.4 Å². The highest BCUT2D eigenvalue weighted by molar-refractivity contribution is 6.31. The van der Waals surface area contributed by atoms with Gasteiger partial charge in [0.2, 0.25) is 0 Å². The van der Waals surface area contributed by atoms with E-state index < -0.39 is 35.3 Å². The van der Waals surface area contributed by atoms with E-state index in [2.05, 4.69) is 4.98 Å². The lowest BCUT2D eigenvalue weighted by atomic mass is 9.80. The van der Waals surface area contributed by atoms with Crippen LogP contribution >= 0.6 is 11.6 Å². The van der Waals surface area contributed by atoms with Crippen molar-refractivity contribution in [3.05, 3.63) is 140 Å². The summed E-state index contributed by atoms with van der Waals surface area (Å²) < 4.78 is 25.4. The Bertz CT molecular complexity index is 1820. The van der Waals surface area contributed by atoms with Crippen LogP contribution in [0, 0.1) is 0 Å². The first-order valence-electron chi connectivity index (χ1n) is 14.1. The molecule has 1 aliphatic rings. The third kappa shape index (κ3) is 5.39. The minimum Gasteiger partial charge on any atom is -0.497 e. The van der Waals surface area contributed by atoms with Crippen molar-refractivity contribution < 1.29 is 24.1 Å². The van der Waals surface area contributed by atoms with Crippen molar-refractivity contribution >= 4 is 22.5 Å². The maximum Gasteiger partial charge on any atom is 0.330 e. The summed E-state index contributed by atoms with van der Waals surface area (Å²) in [5.74, 6) is 1.39. The highest BCUT2D eigenvalue weighted by atomic mass is 35.5. The molecule has 6 rings (SSSR count). The molecule has 0 bridgehead atoms. The van der Waals surface area contributed by atoms with E-state index in [9.17, 15) is 14.7 Å². The minimum absolute atomic E-state index is 0.0213. The van der Waals surface area contributed by atoms with Crippen LogP contribution in [-0.4, -0.2) is 47.7 Å². The van der Waals surface area contributed by atoms with E-state index in [4.69, 9.17) is 30.5 Å². The van der Waals surface area contributed by atoms with Gasteiger partial charge in [-0.2, -0.15) is 0 Å². The highest BCUT2D eigenvalue weighted by Gasteiger charge is 2.42. The first-order valence-corrected chi connectivity index (χ1v) is 14.5. The second kappa shape index (κ2) is 12.3. The number of aliphatic hydroxyl groups excluding tert-OH is 1. The molecule has 0 unspecified atom stereocenters. The molecule has 0 saturated carbocycles. The van der Waals surface area contributed by atoms with E-state index in [0.717, 1.165) is 16.7 Å². The highest BCUT2D eigenvalue weighted by Crippen LogP contribution is 2.42. The molecule has 0 aliphatic carbocycles. The van der Waals surface area contributed by atoms with Crippen LogP contribution in [0.3, 0.4) is 0 Å². The van der Waals surface area contributed by atoms with E-state index in [1.807, 2.05) is 78.9 Å². The fourth-order valence-electron chi connectivity index (χ4n) is 5.82. The number of nitrogens with one attached hydrogen (secondary N) is 1. The molecular formula is C34H31ClN2O7. The Morgan fingerprint density at radius 1 is 0.886 bits per heavy atom. The van der Waals surface area contributed by atoms with Gasteiger partial charge < -0.3 is 24.1 Å². The van der Waals surface area contributed by atoms with Crippen molar-refractivity contribution in [3.8, 4) is 11.5 Å². The molecule has 1 aliphatic heterocycles. The van der Waals surface area contributed by atoms with Crippen LogP contribution in [-0.2, 0) is 15.1 Å². The summed E-state index contributed by atoms with van der Waals surface area (Å²) in [6, 6.07) is 29.8. The monoisotopic (exact) mass is 614 g/mol. The number of aromatic amines is 1. The molecule has 1 fully saturated rings. The van der Waals surface area contributed by atoms with Crippen molar-refractivity contribution in [2.45, 2.75) is 30.5 Å². The molecule has 10 heteroatoms. The van der Waals surface area contributed by atoms with Gasteiger partial charge in [-0.05, 0) is 59.2 Å². The number of rotatable bonds is 9. The Morgan fingerprint density at radius 3 is 2.07 bits per heavy atom. The van der Waals surface area contributed by atoms with Gasteiger partial charge in [-0.25, -0.2) is 4.79 Å². The summed E-state index contributed by atoms with van der Waals surface area (Å²) in [6.45, 7) is -0.0213. The zero-order valence-corrected chi connectivity index (χ0v) is 24.9. The zero-order chi connectivity index (χ0) is 30.8. The van der Waals surface area contributed by atoms with Gasteiger partial charge in [0.1, 0.15) is 29.4 Å². The fraction of sp³-hybridized carbons (Fsp3) is 0.235. The minimum atomic E-state index is -1.11. The number of aromatic nitrogens is 2. The van der Waals surface area contributed by atoms with Crippen LogP contribution in [0.25, 0.3) is 10.9 Å². The Kier molecular flexibility index (Phi) is 8.29. The van der Waals surface area contributed by atoms with E-state index in [0.29, 0.717) is 22.0 Å². The maximum absolute atomic E-state index is 13.0. The molecule has 1 aromatic heterocycles. The molecule has 44 heavy (non-hydrogen) atoms. The van der Waals surface area contributed by atoms with Gasteiger partial charge in [0.05, 0.1) is 37.8 Å². The van der Waals surface area contributed by atoms with Crippen molar-refractivity contribution in [1.82, 2.24) is 9.55 Å². The zero-order valence-electron chi connectivity index (χ0n) is 24.1. The number of hydrogen-bond acceptors (Lipinski definition) is 7. The number of methoxy groups -OCH3 is 2. The van der Waals surface area contributed by atoms with E-state index in [-0.39, 0.29) is 18.4 Å². The van der Waals surface area contributed by atoms with Crippen LogP contribution in [0.4, 0.5) is 0 Å². The molecule has 0 spiro atoms. The average Bonchev–Trinajstić information content (AvgIpc) is 3.42. The maximum atomic E-state index is 13.0. The number of aliphatic hydroxyl groups is 1. The first kappa shape index (κ1) is 29.7. The van der Waals surface area contributed by atoms with Crippen LogP contribution in [0.2, 0.25) is 5.02 Å². The van der Waals surface area contributed by atoms with Gasteiger partial charge in [0, 0.05) is 11.4 Å². The number of H-pyrrole nitrogens is 1. The van der Waals surface area contributed by atoms with Crippen LogP contribution in [0.1, 0.15) is 29.3 Å². The lowest BCUT2D eigenvalue weighted by Gasteiger charge is -2.37. The van der Waals surface area contributed by atoms with Crippen molar-refractivity contribution in [2.75, 3.05) is 20.8 Å². The largest absolute Gasteiger partial charge is 0.497 e. The third-order valence-corrected chi connectivity index (χ3v) is 8.27. The summed E-state index contributed by atoms with van der Waals surface area (Å²) in [6.07, 6.45) is -2.48. The normalized spacial score (nSPS) is 18.4. The number of hydrogen-bond donors (Lipinski definition) is 2. The molecule has 1 saturated heterocycles. The molecule has 0 amide bonds. The molecule has 9 nitrogen and oxygen atoms in total. The van der Waals surface area contributed by atoms with Gasteiger partial charge in [0.25, 0.3) is 5.56 Å². The summed E-state index contributed by atoms with van der Waals surface area (Å²) in [4.78, 5) is 27.8. The summed E-state index contributed by atoms with van der Waals surface area (Å²) in [5, 5.41) is 11.8. The predicted molar refractivity (Wildman–Crippen MR) is 167 cm³/mol. The molecule has 4 aromatic carbocycles. The Labute approximate surface area is 258 Å². The van der Waals surface area contributed by atoms with Crippen molar-refractivity contribution in [3.63, 3.8) is 0 Å². The number of benzene rings is 4. The second-order valence-corrected chi connectivity index (χ2v) is 11.0. The molecule has 226 valence electrons.